The highest BCUT2D eigenvalue weighted by Gasteiger charge is 2.44. The van der Waals surface area contributed by atoms with Gasteiger partial charge in [-0.3, -0.25) is 8.77 Å². The van der Waals surface area contributed by atoms with Gasteiger partial charge in [-0.2, -0.15) is 10.5 Å². The van der Waals surface area contributed by atoms with Crippen LogP contribution in [0.4, 0.5) is 13.2 Å². The molecule has 10 heteroatoms. The van der Waals surface area contributed by atoms with E-state index in [1.807, 2.05) is 0 Å². The molecule has 1 aliphatic carbocycles. The number of alkyl halides is 2. The zero-order valence-corrected chi connectivity index (χ0v) is 23.0. The Hall–Kier alpha value is -5.19. The zero-order chi connectivity index (χ0) is 30.4. The topological polar surface area (TPSA) is 107 Å². The Morgan fingerprint density at radius 3 is 2.21 bits per heavy atom. The summed E-state index contributed by atoms with van der Waals surface area (Å²) >= 11 is 0. The predicted molar refractivity (Wildman–Crippen MR) is 154 cm³/mol. The monoisotopic (exact) mass is 595 g/mol. The number of benzene rings is 4. The largest absolute Gasteiger partial charge is 0.481 e. The van der Waals surface area contributed by atoms with Crippen molar-refractivity contribution in [3.8, 4) is 34.5 Å². The van der Waals surface area contributed by atoms with Crippen molar-refractivity contribution in [2.75, 3.05) is 0 Å². The van der Waals surface area contributed by atoms with Crippen molar-refractivity contribution in [2.45, 2.75) is 23.7 Å². The third kappa shape index (κ3) is 4.86. The minimum Gasteiger partial charge on any atom is -0.481 e. The molecule has 0 saturated heterocycles. The number of nitriles is 2. The first kappa shape index (κ1) is 28.0. The van der Waals surface area contributed by atoms with Crippen LogP contribution >= 0.6 is 0 Å². The van der Waals surface area contributed by atoms with E-state index in [2.05, 4.69) is 12.1 Å². The summed E-state index contributed by atoms with van der Waals surface area (Å²) in [6, 6.07) is 24.8. The molecule has 1 aliphatic rings. The second-order valence-electron chi connectivity index (χ2n) is 10.2. The van der Waals surface area contributed by atoms with E-state index in [-0.39, 0.29) is 38.5 Å². The molecular weight excluding hydrogens is 575 g/mol. The van der Waals surface area contributed by atoms with Crippen LogP contribution in [-0.2, 0) is 15.8 Å². The summed E-state index contributed by atoms with van der Waals surface area (Å²) in [7, 11) is -2.06. The molecule has 1 aromatic heterocycles. The Labute approximate surface area is 246 Å². The van der Waals surface area contributed by atoms with Crippen LogP contribution in [-0.4, -0.2) is 19.3 Å². The normalized spacial score (nSPS) is 16.5. The number of rotatable bonds is 7. The molecule has 0 bridgehead atoms. The van der Waals surface area contributed by atoms with E-state index >= 15 is 0 Å². The maximum atomic E-state index is 14.8. The van der Waals surface area contributed by atoms with Gasteiger partial charge in [0.2, 0.25) is 0 Å². The van der Waals surface area contributed by atoms with Crippen molar-refractivity contribution in [3.05, 3.63) is 113 Å². The quantitative estimate of drug-likeness (QED) is 0.209. The van der Waals surface area contributed by atoms with Gasteiger partial charge in [0, 0.05) is 27.6 Å². The minimum absolute atomic E-state index is 0.139. The smallest absolute Gasteiger partial charge is 0.307 e. The molecule has 4 aromatic carbocycles. The molecule has 1 heterocycles. The van der Waals surface area contributed by atoms with Crippen LogP contribution in [0.1, 0.15) is 41.0 Å². The van der Waals surface area contributed by atoms with Crippen LogP contribution in [0.5, 0.6) is 0 Å². The second-order valence-corrected chi connectivity index (χ2v) is 11.5. The molecule has 212 valence electrons. The van der Waals surface area contributed by atoms with Crippen molar-refractivity contribution >= 4 is 27.9 Å². The maximum absolute atomic E-state index is 14.8. The summed E-state index contributed by atoms with van der Waals surface area (Å²) < 4.78 is 57.1. The van der Waals surface area contributed by atoms with E-state index in [1.165, 1.54) is 58.6 Å². The molecule has 1 fully saturated rings. The molecular formula is C33H20F3N3O3S. The highest BCUT2D eigenvalue weighted by atomic mass is 32.2. The van der Waals surface area contributed by atoms with Gasteiger partial charge >= 0.3 is 5.97 Å². The second kappa shape index (κ2) is 10.9. The van der Waals surface area contributed by atoms with Gasteiger partial charge in [-0.05, 0) is 66.4 Å². The maximum Gasteiger partial charge on any atom is 0.307 e. The molecule has 3 atom stereocenters. The van der Waals surface area contributed by atoms with Gasteiger partial charge in [-0.25, -0.2) is 17.4 Å². The minimum atomic E-state index is -2.72. The lowest BCUT2D eigenvalue weighted by Crippen LogP contribution is -2.08. The predicted octanol–water partition coefficient (Wildman–Crippen LogP) is 7.55. The van der Waals surface area contributed by atoms with Crippen molar-refractivity contribution in [1.82, 2.24) is 3.97 Å². The Balaban J connectivity index is 1.70. The summed E-state index contributed by atoms with van der Waals surface area (Å²) in [6.45, 7) is 0. The van der Waals surface area contributed by atoms with Crippen molar-refractivity contribution < 1.29 is 27.3 Å². The Kier molecular flexibility index (Phi) is 7.09. The lowest BCUT2D eigenvalue weighted by molar-refractivity contribution is -0.138. The third-order valence-electron chi connectivity index (χ3n) is 7.64. The van der Waals surface area contributed by atoms with Gasteiger partial charge in [0.1, 0.15) is 5.82 Å². The molecule has 6 rings (SSSR count). The summed E-state index contributed by atoms with van der Waals surface area (Å²) in [6.07, 6.45) is -2.26. The fourth-order valence-corrected chi connectivity index (χ4v) is 6.80. The molecule has 0 aliphatic heterocycles. The van der Waals surface area contributed by atoms with Crippen molar-refractivity contribution in [1.29, 1.82) is 10.5 Å². The molecule has 0 amide bonds. The first-order chi connectivity index (χ1) is 20.7. The fourth-order valence-electron chi connectivity index (χ4n) is 5.52. The standard InChI is InChI=1S/C33H20F3N3O3S/c34-23-9-12-28-27(14-23)30(29-21(16-37)5-2-6-22(29)17-38)31(20-4-1-3-19(13-20)25-15-26(25)33(40)41)39(28)43(42)24-10-7-18(8-11-24)32(35)36/h1-14,25-26,32H,15H2,(H,40,41). The number of carboxylic acids is 1. The lowest BCUT2D eigenvalue weighted by Gasteiger charge is -2.15. The number of hydrogen-bond acceptors (Lipinski definition) is 4. The summed E-state index contributed by atoms with van der Waals surface area (Å²) in [4.78, 5) is 11.8. The van der Waals surface area contributed by atoms with E-state index in [4.69, 9.17) is 0 Å². The van der Waals surface area contributed by atoms with Gasteiger partial charge < -0.3 is 5.11 Å². The van der Waals surface area contributed by atoms with E-state index in [9.17, 15) is 37.8 Å². The fraction of sp³-hybridized carbons (Fsp3) is 0.121. The number of nitrogens with zero attached hydrogens (tertiary/aromatic N) is 3. The molecule has 1 saturated carbocycles. The van der Waals surface area contributed by atoms with E-state index in [0.29, 0.717) is 28.8 Å². The summed E-state index contributed by atoms with van der Waals surface area (Å²) in [5.41, 5.74) is 2.40. The Bertz CT molecular complexity index is 2010. The number of carboxylic acid groups (broad SMARTS) is 1. The molecule has 43 heavy (non-hydrogen) atoms. The molecule has 6 nitrogen and oxygen atoms in total. The molecule has 1 N–H and O–H groups in total. The summed E-state index contributed by atoms with van der Waals surface area (Å²) in [5, 5.41) is 29.9. The number of fused-ring (bicyclic) bond motifs is 1. The van der Waals surface area contributed by atoms with E-state index < -0.39 is 35.1 Å². The molecule has 0 radical (unpaired) electrons. The number of aromatic nitrogens is 1. The number of hydrogen-bond donors (Lipinski definition) is 1. The Morgan fingerprint density at radius 1 is 0.930 bits per heavy atom. The number of aliphatic carboxylic acids is 1. The van der Waals surface area contributed by atoms with Gasteiger partial charge in [-0.15, -0.1) is 0 Å². The SMILES string of the molecule is N#Cc1cccc(C#N)c1-c1c(-c2cccc(C3CC3C(=O)O)c2)n(S(=O)c2ccc(C(F)F)cc2)c2ccc(F)cc12. The third-order valence-corrected chi connectivity index (χ3v) is 9.02. The van der Waals surface area contributed by atoms with Crippen LogP contribution in [0.25, 0.3) is 33.3 Å². The average molecular weight is 596 g/mol. The van der Waals surface area contributed by atoms with Crippen LogP contribution in [0.3, 0.4) is 0 Å². The van der Waals surface area contributed by atoms with Gasteiger partial charge in [0.05, 0.1) is 45.3 Å². The first-order valence-corrected chi connectivity index (χ1v) is 14.2. The van der Waals surface area contributed by atoms with Crippen LogP contribution in [0, 0.1) is 34.4 Å². The summed E-state index contributed by atoms with van der Waals surface area (Å²) in [5.74, 6) is -2.28. The Morgan fingerprint density at radius 2 is 1.60 bits per heavy atom. The van der Waals surface area contributed by atoms with Gasteiger partial charge in [0.15, 0.2) is 11.0 Å². The number of carbonyl (C=O) groups is 1. The number of halogens is 3. The highest BCUT2D eigenvalue weighted by molar-refractivity contribution is 7.83. The van der Waals surface area contributed by atoms with Gasteiger partial charge in [0.25, 0.3) is 6.43 Å². The average Bonchev–Trinajstić information content (AvgIpc) is 3.77. The molecule has 0 spiro atoms. The highest BCUT2D eigenvalue weighted by Crippen LogP contribution is 2.50. The first-order valence-electron chi connectivity index (χ1n) is 13.1. The van der Waals surface area contributed by atoms with Crippen LogP contribution < -0.4 is 0 Å². The van der Waals surface area contributed by atoms with E-state index in [1.54, 1.807) is 30.3 Å². The van der Waals surface area contributed by atoms with E-state index in [0.717, 1.165) is 5.56 Å². The van der Waals surface area contributed by atoms with Crippen molar-refractivity contribution in [2.24, 2.45) is 5.92 Å². The van der Waals surface area contributed by atoms with Crippen molar-refractivity contribution in [3.63, 3.8) is 0 Å². The van der Waals surface area contributed by atoms with Gasteiger partial charge in [-0.1, -0.05) is 36.4 Å². The lowest BCUT2D eigenvalue weighted by atomic mass is 9.90. The van der Waals surface area contributed by atoms with Crippen LogP contribution in [0.2, 0.25) is 0 Å². The van der Waals surface area contributed by atoms with Crippen LogP contribution in [0.15, 0.2) is 89.8 Å². The molecule has 3 unspecified atom stereocenters. The zero-order valence-electron chi connectivity index (χ0n) is 22.2. The molecule has 5 aromatic rings.